The molecule has 0 aromatic heterocycles. The minimum atomic E-state index is -1.70. The molecule has 2 nitrogen and oxygen atoms in total. The first-order valence-electron chi connectivity index (χ1n) is 8.71. The van der Waals surface area contributed by atoms with E-state index in [1.807, 2.05) is 0 Å². The van der Waals surface area contributed by atoms with Crippen LogP contribution in [0.15, 0.2) is 28.7 Å². The lowest BCUT2D eigenvalue weighted by Crippen LogP contribution is -2.32. The summed E-state index contributed by atoms with van der Waals surface area (Å²) in [4.78, 5) is 0. The van der Waals surface area contributed by atoms with Gasteiger partial charge in [0, 0.05) is 23.2 Å². The number of benzene rings is 1. The van der Waals surface area contributed by atoms with Crippen molar-refractivity contribution in [2.75, 3.05) is 13.2 Å². The molecule has 4 heteroatoms. The topological polar surface area (TPSA) is 18.5 Å². The average molecular weight is 387 g/mol. The predicted molar refractivity (Wildman–Crippen MR) is 101 cm³/mol. The SMILES string of the molecule is CCCCO[SiH](OCCCC)C(CCC)c1cccc(Br)c1. The number of rotatable bonds is 12. The summed E-state index contributed by atoms with van der Waals surface area (Å²) in [6.07, 6.45) is 6.90. The van der Waals surface area contributed by atoms with Gasteiger partial charge in [0.25, 0.3) is 0 Å². The Hall–Kier alpha value is -0.163. The Morgan fingerprint density at radius 3 is 2.14 bits per heavy atom. The predicted octanol–water partition coefficient (Wildman–Crippen LogP) is 5.73. The van der Waals surface area contributed by atoms with Gasteiger partial charge in [0.2, 0.25) is 0 Å². The molecule has 1 aromatic carbocycles. The summed E-state index contributed by atoms with van der Waals surface area (Å²) in [5.41, 5.74) is 1.80. The molecular formula is C18H31BrO2Si. The molecule has 0 bridgehead atoms. The molecule has 0 aliphatic heterocycles. The average Bonchev–Trinajstić information content (AvgIpc) is 2.52. The van der Waals surface area contributed by atoms with Gasteiger partial charge < -0.3 is 8.85 Å². The summed E-state index contributed by atoms with van der Waals surface area (Å²) in [5.74, 6) is 0. The fourth-order valence-electron chi connectivity index (χ4n) is 2.48. The second-order valence-corrected chi connectivity index (χ2v) is 8.89. The van der Waals surface area contributed by atoms with Gasteiger partial charge in [-0.1, -0.05) is 68.1 Å². The molecule has 0 saturated carbocycles. The van der Waals surface area contributed by atoms with Gasteiger partial charge in [-0.2, -0.15) is 0 Å². The van der Waals surface area contributed by atoms with Crippen molar-refractivity contribution in [2.24, 2.45) is 0 Å². The highest BCUT2D eigenvalue weighted by Gasteiger charge is 2.27. The molecule has 0 radical (unpaired) electrons. The first-order valence-corrected chi connectivity index (χ1v) is 11.1. The van der Waals surface area contributed by atoms with Crippen molar-refractivity contribution in [1.29, 1.82) is 0 Å². The lowest BCUT2D eigenvalue weighted by molar-refractivity contribution is 0.182. The Labute approximate surface area is 146 Å². The highest BCUT2D eigenvalue weighted by molar-refractivity contribution is 9.10. The van der Waals surface area contributed by atoms with E-state index in [0.717, 1.165) is 43.4 Å². The summed E-state index contributed by atoms with van der Waals surface area (Å²) in [6, 6.07) is 8.65. The highest BCUT2D eigenvalue weighted by Crippen LogP contribution is 2.28. The Morgan fingerprint density at radius 1 is 1.00 bits per heavy atom. The molecule has 0 aliphatic rings. The van der Waals surface area contributed by atoms with Crippen molar-refractivity contribution >= 4 is 25.2 Å². The van der Waals surface area contributed by atoms with Crippen LogP contribution < -0.4 is 0 Å². The van der Waals surface area contributed by atoms with Crippen LogP contribution in [0.4, 0.5) is 0 Å². The molecule has 0 amide bonds. The lowest BCUT2D eigenvalue weighted by Gasteiger charge is -2.26. The fraction of sp³-hybridized carbons (Fsp3) is 0.667. The molecule has 1 aromatic rings. The zero-order valence-electron chi connectivity index (χ0n) is 14.3. The van der Waals surface area contributed by atoms with Crippen LogP contribution in [0.5, 0.6) is 0 Å². The van der Waals surface area contributed by atoms with Crippen molar-refractivity contribution < 1.29 is 8.85 Å². The van der Waals surface area contributed by atoms with E-state index in [1.165, 1.54) is 18.4 Å². The molecule has 0 aliphatic carbocycles. The Balaban J connectivity index is 2.81. The highest BCUT2D eigenvalue weighted by atomic mass is 79.9. The van der Waals surface area contributed by atoms with E-state index in [1.54, 1.807) is 0 Å². The summed E-state index contributed by atoms with van der Waals surface area (Å²) in [7, 11) is -1.70. The maximum absolute atomic E-state index is 6.24. The van der Waals surface area contributed by atoms with Gasteiger partial charge in [0.05, 0.1) is 0 Å². The Bertz CT molecular complexity index is 390. The van der Waals surface area contributed by atoms with Crippen LogP contribution in [-0.2, 0) is 8.85 Å². The number of unbranched alkanes of at least 4 members (excludes halogenated alkanes) is 2. The fourth-order valence-corrected chi connectivity index (χ4v) is 5.38. The van der Waals surface area contributed by atoms with E-state index in [4.69, 9.17) is 8.85 Å². The quantitative estimate of drug-likeness (QED) is 0.337. The molecule has 0 spiro atoms. The largest absolute Gasteiger partial charge is 0.396 e. The molecule has 0 N–H and O–H groups in total. The van der Waals surface area contributed by atoms with Crippen LogP contribution >= 0.6 is 15.9 Å². The van der Waals surface area contributed by atoms with Gasteiger partial charge in [0.15, 0.2) is 0 Å². The minimum Gasteiger partial charge on any atom is -0.396 e. The van der Waals surface area contributed by atoms with Crippen LogP contribution in [0.2, 0.25) is 0 Å². The monoisotopic (exact) mass is 386 g/mol. The van der Waals surface area contributed by atoms with Crippen LogP contribution in [0, 0.1) is 0 Å². The number of hydrogen-bond donors (Lipinski definition) is 0. The minimum absolute atomic E-state index is 0.441. The van der Waals surface area contributed by atoms with Gasteiger partial charge in [-0.05, 0) is 37.0 Å². The third-order valence-corrected chi connectivity index (χ3v) is 6.76. The zero-order valence-corrected chi connectivity index (χ0v) is 17.1. The van der Waals surface area contributed by atoms with Crippen LogP contribution in [0.25, 0.3) is 0 Å². The van der Waals surface area contributed by atoms with Crippen molar-refractivity contribution in [1.82, 2.24) is 0 Å². The van der Waals surface area contributed by atoms with E-state index in [2.05, 4.69) is 61.0 Å². The van der Waals surface area contributed by atoms with Crippen molar-refractivity contribution in [3.63, 3.8) is 0 Å². The summed E-state index contributed by atoms with van der Waals surface area (Å²) >= 11 is 3.59. The van der Waals surface area contributed by atoms with Crippen molar-refractivity contribution in [3.05, 3.63) is 34.3 Å². The third-order valence-electron chi connectivity index (χ3n) is 3.77. The molecule has 0 heterocycles. The van der Waals surface area contributed by atoms with E-state index in [9.17, 15) is 0 Å². The van der Waals surface area contributed by atoms with E-state index < -0.39 is 9.28 Å². The van der Waals surface area contributed by atoms with E-state index in [-0.39, 0.29) is 0 Å². The van der Waals surface area contributed by atoms with Gasteiger partial charge in [-0.25, -0.2) is 0 Å². The maximum Gasteiger partial charge on any atom is 0.329 e. The third kappa shape index (κ3) is 7.40. The Morgan fingerprint density at radius 2 is 1.64 bits per heavy atom. The summed E-state index contributed by atoms with van der Waals surface area (Å²) in [5, 5.41) is 0. The van der Waals surface area contributed by atoms with Crippen molar-refractivity contribution in [2.45, 2.75) is 64.8 Å². The zero-order chi connectivity index (χ0) is 16.2. The normalized spacial score (nSPS) is 12.8. The molecule has 1 rings (SSSR count). The Kier molecular flexibility index (Phi) is 11.1. The number of hydrogen-bond acceptors (Lipinski definition) is 2. The molecular weight excluding hydrogens is 356 g/mol. The second kappa shape index (κ2) is 12.3. The molecule has 1 atom stereocenters. The van der Waals surface area contributed by atoms with E-state index >= 15 is 0 Å². The lowest BCUT2D eigenvalue weighted by atomic mass is 10.1. The first-order chi connectivity index (χ1) is 10.7. The first kappa shape index (κ1) is 19.9. The number of halogens is 1. The van der Waals surface area contributed by atoms with Gasteiger partial charge in [-0.3, -0.25) is 0 Å². The van der Waals surface area contributed by atoms with Gasteiger partial charge >= 0.3 is 9.28 Å². The summed E-state index contributed by atoms with van der Waals surface area (Å²) < 4.78 is 13.6. The van der Waals surface area contributed by atoms with Gasteiger partial charge in [-0.15, -0.1) is 0 Å². The summed E-state index contributed by atoms with van der Waals surface area (Å²) in [6.45, 7) is 8.33. The van der Waals surface area contributed by atoms with Crippen molar-refractivity contribution in [3.8, 4) is 0 Å². The van der Waals surface area contributed by atoms with Crippen LogP contribution in [0.3, 0.4) is 0 Å². The molecule has 126 valence electrons. The van der Waals surface area contributed by atoms with Crippen LogP contribution in [-0.4, -0.2) is 22.5 Å². The molecule has 1 unspecified atom stereocenters. The molecule has 22 heavy (non-hydrogen) atoms. The molecule has 0 fully saturated rings. The standard InChI is InChI=1S/C18H31BrO2Si/c1-4-7-13-20-22(21-14-8-5-2)18(10-6-3)16-11-9-12-17(19)15-16/h9,11-12,15,18,22H,4-8,10,13-14H2,1-3H3. The maximum atomic E-state index is 6.24. The van der Waals surface area contributed by atoms with E-state index in [0.29, 0.717) is 5.54 Å². The second-order valence-electron chi connectivity index (χ2n) is 5.77. The van der Waals surface area contributed by atoms with Gasteiger partial charge in [0.1, 0.15) is 0 Å². The smallest absolute Gasteiger partial charge is 0.329 e. The van der Waals surface area contributed by atoms with Crippen LogP contribution in [0.1, 0.15) is 70.4 Å². The molecule has 0 saturated heterocycles.